The molecule has 3 nitrogen and oxygen atoms in total. The first-order valence-electron chi connectivity index (χ1n) is 4.64. The van der Waals surface area contributed by atoms with Gasteiger partial charge in [-0.25, -0.2) is 4.39 Å². The number of hydrogen-bond acceptors (Lipinski definition) is 2. The average Bonchev–Trinajstić information content (AvgIpc) is 2.30. The van der Waals surface area contributed by atoms with Crippen LogP contribution in [-0.2, 0) is 11.3 Å². The van der Waals surface area contributed by atoms with E-state index in [2.05, 4.69) is 6.58 Å². The van der Waals surface area contributed by atoms with Gasteiger partial charge in [-0.1, -0.05) is 6.58 Å². The van der Waals surface area contributed by atoms with Crippen molar-refractivity contribution in [1.29, 1.82) is 5.26 Å². The van der Waals surface area contributed by atoms with Crippen LogP contribution < -0.4 is 0 Å². The van der Waals surface area contributed by atoms with Gasteiger partial charge in [-0.3, -0.25) is 4.79 Å². The SMILES string of the molecule is C=CC(=O)N(C)Cc1cc(C#N)ccc1F. The molecule has 4 heteroatoms. The molecule has 1 aromatic rings. The van der Waals surface area contributed by atoms with Crippen LogP contribution >= 0.6 is 0 Å². The molecule has 0 aromatic heterocycles. The highest BCUT2D eigenvalue weighted by molar-refractivity contribution is 5.86. The van der Waals surface area contributed by atoms with Crippen LogP contribution in [0.15, 0.2) is 30.9 Å². The Morgan fingerprint density at radius 2 is 2.38 bits per heavy atom. The first kappa shape index (κ1) is 11.9. The second kappa shape index (κ2) is 5.08. The van der Waals surface area contributed by atoms with E-state index >= 15 is 0 Å². The van der Waals surface area contributed by atoms with E-state index in [1.165, 1.54) is 23.1 Å². The molecule has 0 bridgehead atoms. The monoisotopic (exact) mass is 218 g/mol. The highest BCUT2D eigenvalue weighted by Gasteiger charge is 2.09. The largest absolute Gasteiger partial charge is 0.338 e. The molecule has 1 aromatic carbocycles. The minimum atomic E-state index is -0.428. The number of amides is 1. The van der Waals surface area contributed by atoms with Gasteiger partial charge < -0.3 is 4.90 Å². The van der Waals surface area contributed by atoms with Crippen LogP contribution in [0.5, 0.6) is 0 Å². The van der Waals surface area contributed by atoms with E-state index in [0.29, 0.717) is 11.1 Å². The van der Waals surface area contributed by atoms with E-state index in [1.54, 1.807) is 7.05 Å². The number of halogens is 1. The molecule has 0 saturated heterocycles. The standard InChI is InChI=1S/C12H11FN2O/c1-3-12(16)15(2)8-10-6-9(7-14)4-5-11(10)13/h3-6H,1,8H2,2H3. The summed E-state index contributed by atoms with van der Waals surface area (Å²) in [7, 11) is 1.54. The van der Waals surface area contributed by atoms with Crippen LogP contribution in [0.1, 0.15) is 11.1 Å². The summed E-state index contributed by atoms with van der Waals surface area (Å²) in [4.78, 5) is 12.5. The van der Waals surface area contributed by atoms with Crippen molar-refractivity contribution in [2.45, 2.75) is 6.54 Å². The van der Waals surface area contributed by atoms with Crippen LogP contribution in [0.4, 0.5) is 4.39 Å². The fraction of sp³-hybridized carbons (Fsp3) is 0.167. The Bertz CT molecular complexity index is 463. The average molecular weight is 218 g/mol. The fourth-order valence-electron chi connectivity index (χ4n) is 1.25. The van der Waals surface area contributed by atoms with Gasteiger partial charge in [0.15, 0.2) is 0 Å². The fourth-order valence-corrected chi connectivity index (χ4v) is 1.25. The summed E-state index contributed by atoms with van der Waals surface area (Å²) in [5, 5.41) is 8.67. The summed E-state index contributed by atoms with van der Waals surface area (Å²) in [6, 6.07) is 5.97. The van der Waals surface area contributed by atoms with Crippen molar-refractivity contribution in [3.63, 3.8) is 0 Å². The van der Waals surface area contributed by atoms with Gasteiger partial charge in [0, 0.05) is 19.2 Å². The molecule has 0 aliphatic heterocycles. The zero-order valence-electron chi connectivity index (χ0n) is 8.90. The number of rotatable bonds is 3. The third-order valence-electron chi connectivity index (χ3n) is 2.13. The van der Waals surface area contributed by atoms with Crippen LogP contribution in [0.2, 0.25) is 0 Å². The zero-order chi connectivity index (χ0) is 12.1. The Labute approximate surface area is 93.4 Å². The second-order valence-electron chi connectivity index (χ2n) is 3.32. The van der Waals surface area contributed by atoms with Gasteiger partial charge in [0.1, 0.15) is 5.82 Å². The van der Waals surface area contributed by atoms with Gasteiger partial charge in [-0.05, 0) is 24.3 Å². The maximum atomic E-state index is 13.4. The summed E-state index contributed by atoms with van der Waals surface area (Å²) in [5.41, 5.74) is 0.688. The lowest BCUT2D eigenvalue weighted by atomic mass is 10.1. The van der Waals surface area contributed by atoms with Crippen LogP contribution in [0, 0.1) is 17.1 Å². The minimum Gasteiger partial charge on any atom is -0.338 e. The zero-order valence-corrected chi connectivity index (χ0v) is 8.90. The van der Waals surface area contributed by atoms with Crippen molar-refractivity contribution in [1.82, 2.24) is 4.90 Å². The Morgan fingerprint density at radius 1 is 1.69 bits per heavy atom. The molecule has 82 valence electrons. The Hall–Kier alpha value is -2.15. The van der Waals surface area contributed by atoms with Gasteiger partial charge in [0.25, 0.3) is 0 Å². The smallest absolute Gasteiger partial charge is 0.245 e. The van der Waals surface area contributed by atoms with Gasteiger partial charge in [0.2, 0.25) is 5.91 Å². The molecule has 0 heterocycles. The lowest BCUT2D eigenvalue weighted by Gasteiger charge is -2.15. The topological polar surface area (TPSA) is 44.1 Å². The predicted octanol–water partition coefficient (Wildman–Crippen LogP) is 1.84. The van der Waals surface area contributed by atoms with Crippen molar-refractivity contribution in [2.24, 2.45) is 0 Å². The van der Waals surface area contributed by atoms with Gasteiger partial charge in [-0.15, -0.1) is 0 Å². The normalized spacial score (nSPS) is 9.31. The molecule has 0 fully saturated rings. The lowest BCUT2D eigenvalue weighted by Crippen LogP contribution is -2.24. The predicted molar refractivity (Wildman–Crippen MR) is 57.8 cm³/mol. The second-order valence-corrected chi connectivity index (χ2v) is 3.32. The van der Waals surface area contributed by atoms with Crippen LogP contribution in [0.25, 0.3) is 0 Å². The summed E-state index contributed by atoms with van der Waals surface area (Å²) >= 11 is 0. The molecule has 0 saturated carbocycles. The molecule has 0 aliphatic rings. The molecule has 1 rings (SSSR count). The van der Waals surface area contributed by atoms with E-state index < -0.39 is 5.82 Å². The summed E-state index contributed by atoms with van der Waals surface area (Å²) < 4.78 is 13.4. The van der Waals surface area contributed by atoms with E-state index in [-0.39, 0.29) is 12.5 Å². The molecular formula is C12H11FN2O. The highest BCUT2D eigenvalue weighted by atomic mass is 19.1. The number of carbonyl (C=O) groups excluding carboxylic acids is 1. The number of likely N-dealkylation sites (N-methyl/N-ethyl adjacent to an activating group) is 1. The molecule has 0 radical (unpaired) electrons. The highest BCUT2D eigenvalue weighted by Crippen LogP contribution is 2.12. The van der Waals surface area contributed by atoms with Crippen molar-refractivity contribution in [3.8, 4) is 6.07 Å². The van der Waals surface area contributed by atoms with Crippen molar-refractivity contribution in [3.05, 3.63) is 47.8 Å². The number of nitrogens with zero attached hydrogens (tertiary/aromatic N) is 2. The number of nitriles is 1. The molecule has 0 unspecified atom stereocenters. The molecule has 0 atom stereocenters. The summed E-state index contributed by atoms with van der Waals surface area (Å²) in [6.45, 7) is 3.46. The van der Waals surface area contributed by atoms with Crippen molar-refractivity contribution in [2.75, 3.05) is 7.05 Å². The summed E-state index contributed by atoms with van der Waals surface area (Å²) in [5.74, 6) is -0.718. The van der Waals surface area contributed by atoms with Crippen molar-refractivity contribution < 1.29 is 9.18 Å². The van der Waals surface area contributed by atoms with Gasteiger partial charge >= 0.3 is 0 Å². The summed E-state index contributed by atoms with van der Waals surface area (Å²) in [6.07, 6.45) is 1.16. The Balaban J connectivity index is 2.92. The van der Waals surface area contributed by atoms with E-state index in [1.807, 2.05) is 6.07 Å². The third-order valence-corrected chi connectivity index (χ3v) is 2.13. The van der Waals surface area contributed by atoms with Gasteiger partial charge in [0.05, 0.1) is 11.6 Å². The number of benzene rings is 1. The number of carbonyl (C=O) groups is 1. The minimum absolute atomic E-state index is 0.117. The first-order valence-corrected chi connectivity index (χ1v) is 4.64. The number of hydrogen-bond donors (Lipinski definition) is 0. The van der Waals surface area contributed by atoms with Crippen LogP contribution in [0.3, 0.4) is 0 Å². The maximum Gasteiger partial charge on any atom is 0.245 e. The molecular weight excluding hydrogens is 207 g/mol. The van der Waals surface area contributed by atoms with E-state index in [0.717, 1.165) is 6.08 Å². The Morgan fingerprint density at radius 3 is 2.94 bits per heavy atom. The van der Waals surface area contributed by atoms with Crippen LogP contribution in [-0.4, -0.2) is 17.9 Å². The first-order chi connectivity index (χ1) is 7.58. The molecule has 0 spiro atoms. The third kappa shape index (κ3) is 2.67. The lowest BCUT2D eigenvalue weighted by molar-refractivity contribution is -0.125. The van der Waals surface area contributed by atoms with E-state index in [4.69, 9.17) is 5.26 Å². The maximum absolute atomic E-state index is 13.4. The molecule has 16 heavy (non-hydrogen) atoms. The quantitative estimate of drug-likeness (QED) is 0.726. The van der Waals surface area contributed by atoms with Gasteiger partial charge in [-0.2, -0.15) is 5.26 Å². The van der Waals surface area contributed by atoms with Crippen molar-refractivity contribution >= 4 is 5.91 Å². The molecule has 0 aliphatic carbocycles. The Kier molecular flexibility index (Phi) is 3.78. The van der Waals surface area contributed by atoms with E-state index in [9.17, 15) is 9.18 Å². The molecule has 0 N–H and O–H groups in total. The molecule has 1 amide bonds.